The summed E-state index contributed by atoms with van der Waals surface area (Å²) >= 11 is 0. The smallest absolute Gasteiger partial charge is 0.257 e. The first-order valence-corrected chi connectivity index (χ1v) is 6.85. The summed E-state index contributed by atoms with van der Waals surface area (Å²) in [6, 6.07) is 7.34. The van der Waals surface area contributed by atoms with E-state index in [1.807, 2.05) is 19.0 Å². The van der Waals surface area contributed by atoms with Crippen molar-refractivity contribution in [3.05, 3.63) is 54.1 Å². The molecule has 1 aromatic carbocycles. The Hall–Kier alpha value is -2.47. The van der Waals surface area contributed by atoms with Gasteiger partial charge in [0.15, 0.2) is 0 Å². The number of nitrogens with one attached hydrogen (secondary N) is 1. The van der Waals surface area contributed by atoms with Crippen LogP contribution in [-0.4, -0.2) is 43.0 Å². The van der Waals surface area contributed by atoms with E-state index in [2.05, 4.69) is 10.3 Å². The van der Waals surface area contributed by atoms with E-state index in [1.54, 1.807) is 18.3 Å². The van der Waals surface area contributed by atoms with Crippen molar-refractivity contribution in [2.45, 2.75) is 0 Å². The van der Waals surface area contributed by atoms with Crippen molar-refractivity contribution in [3.8, 4) is 5.75 Å². The van der Waals surface area contributed by atoms with Gasteiger partial charge >= 0.3 is 0 Å². The van der Waals surface area contributed by atoms with E-state index in [1.165, 1.54) is 24.4 Å². The maximum atomic E-state index is 13.4. The summed E-state index contributed by atoms with van der Waals surface area (Å²) in [6.45, 7) is 1.08. The molecule has 0 unspecified atom stereocenters. The zero-order valence-electron chi connectivity index (χ0n) is 12.5. The van der Waals surface area contributed by atoms with Crippen LogP contribution < -0.4 is 10.1 Å². The Kier molecular flexibility index (Phi) is 5.43. The number of likely N-dealkylation sites (N-methyl/N-ethyl adjacent to an activating group) is 1. The normalized spacial score (nSPS) is 10.5. The molecular formula is C16H18FN3O2. The Morgan fingerprint density at radius 1 is 1.36 bits per heavy atom. The number of hydrogen-bond donors (Lipinski definition) is 1. The van der Waals surface area contributed by atoms with Crippen LogP contribution in [-0.2, 0) is 0 Å². The fraction of sp³-hybridized carbons (Fsp3) is 0.250. The lowest BCUT2D eigenvalue weighted by atomic mass is 10.2. The van der Waals surface area contributed by atoms with Gasteiger partial charge in [-0.3, -0.25) is 9.78 Å². The first-order valence-electron chi connectivity index (χ1n) is 6.85. The van der Waals surface area contributed by atoms with Gasteiger partial charge in [-0.05, 0) is 38.4 Å². The summed E-state index contributed by atoms with van der Waals surface area (Å²) in [5.41, 5.74) is 0.847. The second kappa shape index (κ2) is 7.51. The average molecular weight is 303 g/mol. The Bertz CT molecular complexity index is 633. The van der Waals surface area contributed by atoms with Gasteiger partial charge in [0.25, 0.3) is 5.91 Å². The molecule has 0 bridgehead atoms. The number of aromatic nitrogens is 1. The summed E-state index contributed by atoms with van der Waals surface area (Å²) in [5.74, 6) is -0.435. The number of ether oxygens (including phenoxy) is 1. The third kappa shape index (κ3) is 4.53. The largest absolute Gasteiger partial charge is 0.490 e. The number of anilines is 1. The minimum absolute atomic E-state index is 0.305. The third-order valence-corrected chi connectivity index (χ3v) is 2.91. The standard InChI is InChI=1S/C16H18FN3O2/c1-20(2)8-9-22-15-10-13(17)5-6-14(15)19-16(21)12-4-3-7-18-11-12/h3-7,10-11H,8-9H2,1-2H3,(H,19,21). The SMILES string of the molecule is CN(C)CCOc1cc(F)ccc1NC(=O)c1cccnc1. The zero-order valence-corrected chi connectivity index (χ0v) is 12.5. The maximum absolute atomic E-state index is 13.4. The molecule has 0 saturated heterocycles. The number of amides is 1. The molecule has 0 aliphatic carbocycles. The van der Waals surface area contributed by atoms with E-state index in [-0.39, 0.29) is 5.91 Å². The zero-order chi connectivity index (χ0) is 15.9. The molecule has 1 amide bonds. The van der Waals surface area contributed by atoms with Gasteiger partial charge in [-0.2, -0.15) is 0 Å². The first kappa shape index (κ1) is 15.9. The van der Waals surface area contributed by atoms with Crippen molar-refractivity contribution >= 4 is 11.6 Å². The summed E-state index contributed by atoms with van der Waals surface area (Å²) in [6.07, 6.45) is 3.05. The summed E-state index contributed by atoms with van der Waals surface area (Å²) in [4.78, 5) is 18.0. The molecule has 116 valence electrons. The van der Waals surface area contributed by atoms with Crippen LogP contribution >= 0.6 is 0 Å². The van der Waals surface area contributed by atoms with Gasteiger partial charge in [0.1, 0.15) is 18.2 Å². The van der Waals surface area contributed by atoms with E-state index < -0.39 is 5.82 Å². The number of carbonyl (C=O) groups excluding carboxylic acids is 1. The van der Waals surface area contributed by atoms with Crippen LogP contribution in [0.4, 0.5) is 10.1 Å². The Morgan fingerprint density at radius 2 is 2.18 bits per heavy atom. The van der Waals surface area contributed by atoms with Crippen LogP contribution in [0, 0.1) is 5.82 Å². The molecule has 5 nitrogen and oxygen atoms in total. The highest BCUT2D eigenvalue weighted by Gasteiger charge is 2.11. The van der Waals surface area contributed by atoms with Gasteiger partial charge in [0.2, 0.25) is 0 Å². The molecule has 1 N–H and O–H groups in total. The van der Waals surface area contributed by atoms with Crippen molar-refractivity contribution in [3.63, 3.8) is 0 Å². The molecule has 1 aromatic heterocycles. The monoisotopic (exact) mass is 303 g/mol. The van der Waals surface area contributed by atoms with E-state index in [9.17, 15) is 9.18 Å². The lowest BCUT2D eigenvalue weighted by Gasteiger charge is -2.14. The number of rotatable bonds is 6. The number of pyridine rings is 1. The van der Waals surface area contributed by atoms with E-state index >= 15 is 0 Å². The minimum atomic E-state index is -0.417. The van der Waals surface area contributed by atoms with Crippen molar-refractivity contribution in [1.29, 1.82) is 0 Å². The predicted octanol–water partition coefficient (Wildman–Crippen LogP) is 2.41. The quantitative estimate of drug-likeness (QED) is 0.890. The fourth-order valence-corrected chi connectivity index (χ4v) is 1.75. The lowest BCUT2D eigenvalue weighted by Crippen LogP contribution is -2.20. The molecule has 0 aliphatic heterocycles. The first-order chi connectivity index (χ1) is 10.6. The third-order valence-electron chi connectivity index (χ3n) is 2.91. The van der Waals surface area contributed by atoms with Crippen LogP contribution in [0.25, 0.3) is 0 Å². The Morgan fingerprint density at radius 3 is 2.86 bits per heavy atom. The molecular weight excluding hydrogens is 285 g/mol. The van der Waals surface area contributed by atoms with Crippen molar-refractivity contribution in [2.75, 3.05) is 32.6 Å². The number of carbonyl (C=O) groups is 1. The van der Waals surface area contributed by atoms with Crippen molar-refractivity contribution in [2.24, 2.45) is 0 Å². The molecule has 0 atom stereocenters. The minimum Gasteiger partial charge on any atom is -0.490 e. The van der Waals surface area contributed by atoms with Gasteiger partial charge in [-0.15, -0.1) is 0 Å². The number of hydrogen-bond acceptors (Lipinski definition) is 4. The van der Waals surface area contributed by atoms with Crippen LogP contribution in [0.3, 0.4) is 0 Å². The summed E-state index contributed by atoms with van der Waals surface area (Å²) in [7, 11) is 3.83. The molecule has 0 aliphatic rings. The maximum Gasteiger partial charge on any atom is 0.257 e. The number of nitrogens with zero attached hydrogens (tertiary/aromatic N) is 2. The summed E-state index contributed by atoms with van der Waals surface area (Å²) < 4.78 is 18.9. The van der Waals surface area contributed by atoms with Crippen molar-refractivity contribution < 1.29 is 13.9 Å². The molecule has 1 heterocycles. The molecule has 0 spiro atoms. The highest BCUT2D eigenvalue weighted by Crippen LogP contribution is 2.26. The number of halogens is 1. The van der Waals surface area contributed by atoms with Gasteiger partial charge in [0.05, 0.1) is 11.3 Å². The van der Waals surface area contributed by atoms with Crippen LogP contribution in [0.1, 0.15) is 10.4 Å². The molecule has 2 aromatic rings. The Balaban J connectivity index is 2.11. The van der Waals surface area contributed by atoms with Crippen LogP contribution in [0.5, 0.6) is 5.75 Å². The van der Waals surface area contributed by atoms with E-state index in [4.69, 9.17) is 4.74 Å². The highest BCUT2D eigenvalue weighted by molar-refractivity contribution is 6.04. The average Bonchev–Trinajstić information content (AvgIpc) is 2.50. The Labute approximate surface area is 128 Å². The van der Waals surface area contributed by atoms with Gasteiger partial charge in [0, 0.05) is 25.0 Å². The molecule has 2 rings (SSSR count). The van der Waals surface area contributed by atoms with Crippen LogP contribution in [0.2, 0.25) is 0 Å². The van der Waals surface area contributed by atoms with Gasteiger partial charge in [-0.25, -0.2) is 4.39 Å². The molecule has 22 heavy (non-hydrogen) atoms. The second-order valence-corrected chi connectivity index (χ2v) is 4.99. The highest BCUT2D eigenvalue weighted by atomic mass is 19.1. The topological polar surface area (TPSA) is 54.5 Å². The predicted molar refractivity (Wildman–Crippen MR) is 82.6 cm³/mol. The van der Waals surface area contributed by atoms with Gasteiger partial charge in [-0.1, -0.05) is 0 Å². The molecule has 6 heteroatoms. The fourth-order valence-electron chi connectivity index (χ4n) is 1.75. The number of benzene rings is 1. The lowest BCUT2D eigenvalue weighted by molar-refractivity contribution is 0.102. The molecule has 0 radical (unpaired) electrons. The van der Waals surface area contributed by atoms with E-state index in [0.717, 1.165) is 0 Å². The van der Waals surface area contributed by atoms with Gasteiger partial charge < -0.3 is 15.0 Å². The molecule has 0 fully saturated rings. The van der Waals surface area contributed by atoms with Crippen LogP contribution in [0.15, 0.2) is 42.7 Å². The van der Waals surface area contributed by atoms with Crippen molar-refractivity contribution in [1.82, 2.24) is 9.88 Å². The second-order valence-electron chi connectivity index (χ2n) is 4.99. The molecule has 0 saturated carbocycles. The van der Waals surface area contributed by atoms with E-state index in [0.29, 0.717) is 30.2 Å². The summed E-state index contributed by atoms with van der Waals surface area (Å²) in [5, 5.41) is 2.71.